The topological polar surface area (TPSA) is 84.2 Å². The van der Waals surface area contributed by atoms with E-state index in [1.165, 1.54) is 4.88 Å². The van der Waals surface area contributed by atoms with E-state index in [1.807, 2.05) is 26.8 Å². The van der Waals surface area contributed by atoms with Crippen molar-refractivity contribution in [2.24, 2.45) is 0 Å². The Morgan fingerprint density at radius 2 is 1.95 bits per heavy atom. The number of hydrogen-bond acceptors (Lipinski definition) is 5. The van der Waals surface area contributed by atoms with Gasteiger partial charge in [-0.05, 0) is 39.3 Å². The highest BCUT2D eigenvalue weighted by Crippen LogP contribution is 2.26. The van der Waals surface area contributed by atoms with Gasteiger partial charge in [0.2, 0.25) is 0 Å². The van der Waals surface area contributed by atoms with Crippen LogP contribution >= 0.6 is 11.3 Å². The normalized spacial score (nSPS) is 12.0. The molecule has 0 radical (unpaired) electrons. The van der Waals surface area contributed by atoms with Crippen molar-refractivity contribution in [3.05, 3.63) is 33.2 Å². The quantitative estimate of drug-likeness (QED) is 0.853. The molecule has 0 fully saturated rings. The summed E-state index contributed by atoms with van der Waals surface area (Å²) in [7, 11) is 0. The zero-order valence-corrected chi connectivity index (χ0v) is 13.1. The van der Waals surface area contributed by atoms with E-state index in [0.717, 1.165) is 10.4 Å². The van der Waals surface area contributed by atoms with Gasteiger partial charge in [-0.15, -0.1) is 11.3 Å². The predicted molar refractivity (Wildman–Crippen MR) is 80.2 cm³/mol. The van der Waals surface area contributed by atoms with Crippen LogP contribution < -0.4 is 10.6 Å². The van der Waals surface area contributed by atoms with Gasteiger partial charge in [-0.1, -0.05) is 5.16 Å². The smallest absolute Gasteiger partial charge is 0.314 e. The zero-order chi connectivity index (χ0) is 15.6. The summed E-state index contributed by atoms with van der Waals surface area (Å²) in [4.78, 5) is 26.0. The second-order valence-electron chi connectivity index (χ2n) is 4.84. The number of nitrogens with one attached hydrogen (secondary N) is 2. The molecule has 6 nitrogen and oxygen atoms in total. The molecule has 0 saturated carbocycles. The van der Waals surface area contributed by atoms with Crippen molar-refractivity contribution in [1.82, 2.24) is 10.5 Å². The molecular formula is C14H17N3O3S. The lowest BCUT2D eigenvalue weighted by Gasteiger charge is -2.13. The van der Waals surface area contributed by atoms with Gasteiger partial charge in [0.1, 0.15) is 5.76 Å². The summed E-state index contributed by atoms with van der Waals surface area (Å²) >= 11 is 1.66. The Morgan fingerprint density at radius 3 is 2.48 bits per heavy atom. The highest BCUT2D eigenvalue weighted by molar-refractivity contribution is 7.12. The van der Waals surface area contributed by atoms with Crippen molar-refractivity contribution >= 4 is 29.0 Å². The molecule has 21 heavy (non-hydrogen) atoms. The van der Waals surface area contributed by atoms with Gasteiger partial charge in [-0.2, -0.15) is 0 Å². The summed E-state index contributed by atoms with van der Waals surface area (Å²) in [6.45, 7) is 7.55. The van der Waals surface area contributed by atoms with Crippen molar-refractivity contribution in [3.8, 4) is 0 Å². The van der Waals surface area contributed by atoms with E-state index in [1.54, 1.807) is 24.3 Å². The average molecular weight is 307 g/mol. The molecular weight excluding hydrogens is 290 g/mol. The van der Waals surface area contributed by atoms with Crippen LogP contribution in [0.3, 0.4) is 0 Å². The maximum atomic E-state index is 11.9. The van der Waals surface area contributed by atoms with E-state index >= 15 is 0 Å². The first kappa shape index (κ1) is 15.2. The molecule has 0 aliphatic carbocycles. The molecule has 0 unspecified atom stereocenters. The van der Waals surface area contributed by atoms with Crippen molar-refractivity contribution in [2.75, 3.05) is 5.32 Å². The largest absolute Gasteiger partial charge is 0.360 e. The molecule has 0 spiro atoms. The van der Waals surface area contributed by atoms with E-state index in [9.17, 15) is 9.59 Å². The summed E-state index contributed by atoms with van der Waals surface area (Å²) in [6, 6.07) is 3.33. The summed E-state index contributed by atoms with van der Waals surface area (Å²) in [5.41, 5.74) is 1.02. The fourth-order valence-corrected chi connectivity index (χ4v) is 3.04. The van der Waals surface area contributed by atoms with Crippen LogP contribution in [-0.2, 0) is 9.59 Å². The van der Waals surface area contributed by atoms with Gasteiger partial charge in [0, 0.05) is 15.8 Å². The van der Waals surface area contributed by atoms with Crippen LogP contribution in [0.15, 0.2) is 16.7 Å². The first-order valence-electron chi connectivity index (χ1n) is 6.49. The second-order valence-corrected chi connectivity index (χ2v) is 6.30. The molecule has 2 amide bonds. The van der Waals surface area contributed by atoms with E-state index in [0.29, 0.717) is 5.76 Å². The molecule has 112 valence electrons. The number of anilines is 1. The Balaban J connectivity index is 1.97. The minimum atomic E-state index is -0.764. The SMILES string of the molecule is Cc1cc(NC(=O)C(=O)N[C@@H](C)c2cc(C)sc2C)no1. The Morgan fingerprint density at radius 1 is 1.24 bits per heavy atom. The molecule has 2 aromatic rings. The van der Waals surface area contributed by atoms with Crippen molar-refractivity contribution in [3.63, 3.8) is 0 Å². The summed E-state index contributed by atoms with van der Waals surface area (Å²) in [5.74, 6) is -0.683. The number of hydrogen-bond donors (Lipinski definition) is 2. The number of nitrogens with zero attached hydrogens (tertiary/aromatic N) is 1. The Kier molecular flexibility index (Phi) is 4.42. The molecule has 2 N–H and O–H groups in total. The van der Waals surface area contributed by atoms with Crippen LogP contribution in [0.4, 0.5) is 5.82 Å². The standard InChI is InChI=1S/C14H17N3O3S/c1-7-5-12(17-20-7)16-14(19)13(18)15-9(3)11-6-8(2)21-10(11)4/h5-6,9H,1-4H3,(H,15,18)(H,16,17,19)/t9-/m0/s1. The second kappa shape index (κ2) is 6.09. The summed E-state index contributed by atoms with van der Waals surface area (Å²) < 4.78 is 4.82. The summed E-state index contributed by atoms with van der Waals surface area (Å²) in [5, 5.41) is 8.67. The van der Waals surface area contributed by atoms with E-state index in [-0.39, 0.29) is 11.9 Å². The van der Waals surface area contributed by atoms with Crippen LogP contribution in [-0.4, -0.2) is 17.0 Å². The zero-order valence-electron chi connectivity index (χ0n) is 12.3. The molecule has 0 aliphatic heterocycles. The molecule has 2 heterocycles. The van der Waals surface area contributed by atoms with Crippen LogP contribution in [0.1, 0.15) is 34.0 Å². The monoisotopic (exact) mass is 307 g/mol. The molecule has 0 aromatic carbocycles. The molecule has 0 bridgehead atoms. The molecule has 0 aliphatic rings. The van der Waals surface area contributed by atoms with Crippen molar-refractivity contribution < 1.29 is 14.1 Å². The first-order valence-corrected chi connectivity index (χ1v) is 7.30. The van der Waals surface area contributed by atoms with Crippen molar-refractivity contribution in [2.45, 2.75) is 33.7 Å². The number of amides is 2. The highest BCUT2D eigenvalue weighted by atomic mass is 32.1. The van der Waals surface area contributed by atoms with E-state index in [2.05, 4.69) is 15.8 Å². The van der Waals surface area contributed by atoms with Crippen molar-refractivity contribution in [1.29, 1.82) is 0 Å². The lowest BCUT2D eigenvalue weighted by atomic mass is 10.1. The van der Waals surface area contributed by atoms with Crippen LogP contribution in [0.25, 0.3) is 0 Å². The fraction of sp³-hybridized carbons (Fsp3) is 0.357. The van der Waals surface area contributed by atoms with Gasteiger partial charge >= 0.3 is 11.8 Å². The van der Waals surface area contributed by atoms with Crippen LogP contribution in [0.2, 0.25) is 0 Å². The molecule has 0 saturated heterocycles. The van der Waals surface area contributed by atoms with E-state index < -0.39 is 11.8 Å². The third-order valence-corrected chi connectivity index (χ3v) is 3.95. The van der Waals surface area contributed by atoms with Crippen LogP contribution in [0.5, 0.6) is 0 Å². The van der Waals surface area contributed by atoms with Crippen LogP contribution in [0, 0.1) is 20.8 Å². The third-order valence-electron chi connectivity index (χ3n) is 2.97. The lowest BCUT2D eigenvalue weighted by Crippen LogP contribution is -2.37. The minimum absolute atomic E-state index is 0.225. The Bertz CT molecular complexity index is 675. The minimum Gasteiger partial charge on any atom is -0.360 e. The van der Waals surface area contributed by atoms with Gasteiger partial charge in [-0.3, -0.25) is 14.9 Å². The van der Waals surface area contributed by atoms with E-state index in [4.69, 9.17) is 4.52 Å². The lowest BCUT2D eigenvalue weighted by molar-refractivity contribution is -0.136. The van der Waals surface area contributed by atoms with Gasteiger partial charge in [0.25, 0.3) is 0 Å². The predicted octanol–water partition coefficient (Wildman–Crippen LogP) is 2.48. The third kappa shape index (κ3) is 3.69. The number of carbonyl (C=O) groups excluding carboxylic acids is 2. The number of rotatable bonds is 3. The van der Waals surface area contributed by atoms with Gasteiger partial charge in [0.05, 0.1) is 6.04 Å². The maximum Gasteiger partial charge on any atom is 0.314 e. The Hall–Kier alpha value is -2.15. The molecule has 2 aromatic heterocycles. The number of carbonyl (C=O) groups is 2. The fourth-order valence-electron chi connectivity index (χ4n) is 2.02. The van der Waals surface area contributed by atoms with Gasteiger partial charge in [0.15, 0.2) is 5.82 Å². The Labute approximate surface area is 126 Å². The summed E-state index contributed by atoms with van der Waals surface area (Å²) in [6.07, 6.45) is 0. The molecule has 1 atom stereocenters. The number of aromatic nitrogens is 1. The number of thiophene rings is 1. The molecule has 7 heteroatoms. The van der Waals surface area contributed by atoms with Gasteiger partial charge < -0.3 is 9.84 Å². The molecule has 2 rings (SSSR count). The first-order chi connectivity index (χ1) is 9.86. The maximum absolute atomic E-state index is 11.9. The number of aryl methyl sites for hydroxylation is 3. The average Bonchev–Trinajstić information content (AvgIpc) is 2.95. The highest BCUT2D eigenvalue weighted by Gasteiger charge is 2.20. The van der Waals surface area contributed by atoms with Gasteiger partial charge in [-0.25, -0.2) is 0 Å².